The lowest BCUT2D eigenvalue weighted by Crippen LogP contribution is -2.46. The average molecular weight is 309 g/mol. The first-order chi connectivity index (χ1) is 10.6. The predicted molar refractivity (Wildman–Crippen MR) is 91.9 cm³/mol. The molecule has 0 atom stereocenters. The van der Waals surface area contributed by atoms with Crippen molar-refractivity contribution < 1.29 is 4.79 Å². The fourth-order valence-electron chi connectivity index (χ4n) is 3.92. The molecule has 0 bridgehead atoms. The Morgan fingerprint density at radius 2 is 1.77 bits per heavy atom. The Morgan fingerprint density at radius 1 is 1.14 bits per heavy atom. The van der Waals surface area contributed by atoms with Gasteiger partial charge >= 0.3 is 0 Å². The largest absolute Gasteiger partial charge is 0.342 e. The zero-order chi connectivity index (χ0) is 15.9. The van der Waals surface area contributed by atoms with Crippen molar-refractivity contribution in [3.63, 3.8) is 0 Å². The molecule has 1 N–H and O–H groups in total. The molecule has 2 rings (SSSR count). The molecule has 0 aromatic heterocycles. The van der Waals surface area contributed by atoms with Crippen LogP contribution in [0.4, 0.5) is 0 Å². The Hall–Kier alpha value is -0.610. The maximum atomic E-state index is 12.5. The van der Waals surface area contributed by atoms with Gasteiger partial charge in [0.05, 0.1) is 6.54 Å². The predicted octanol–water partition coefficient (Wildman–Crippen LogP) is 2.34. The van der Waals surface area contributed by atoms with E-state index in [1.165, 1.54) is 44.9 Å². The summed E-state index contributed by atoms with van der Waals surface area (Å²) in [6.45, 7) is 6.26. The van der Waals surface area contributed by atoms with E-state index < -0.39 is 0 Å². The van der Waals surface area contributed by atoms with Gasteiger partial charge in [-0.3, -0.25) is 9.69 Å². The minimum Gasteiger partial charge on any atom is -0.342 e. The molecule has 0 radical (unpaired) electrons. The molecule has 1 saturated carbocycles. The van der Waals surface area contributed by atoms with Crippen LogP contribution in [0, 0.1) is 11.8 Å². The summed E-state index contributed by atoms with van der Waals surface area (Å²) in [6, 6.07) is 0.483. The van der Waals surface area contributed by atoms with Crippen molar-refractivity contribution in [1.82, 2.24) is 15.1 Å². The second-order valence-corrected chi connectivity index (χ2v) is 7.53. The van der Waals surface area contributed by atoms with E-state index in [1.54, 1.807) is 0 Å². The number of likely N-dealkylation sites (tertiary alicyclic amines) is 1. The van der Waals surface area contributed by atoms with Crippen LogP contribution in [-0.4, -0.2) is 62.0 Å². The van der Waals surface area contributed by atoms with Gasteiger partial charge in [-0.1, -0.05) is 6.92 Å². The minimum absolute atomic E-state index is 0.327. The van der Waals surface area contributed by atoms with Crippen LogP contribution in [0.1, 0.15) is 51.9 Å². The number of nitrogens with one attached hydrogen (secondary N) is 1. The maximum absolute atomic E-state index is 12.5. The van der Waals surface area contributed by atoms with Crippen molar-refractivity contribution in [2.24, 2.45) is 11.8 Å². The third kappa shape index (κ3) is 5.24. The van der Waals surface area contributed by atoms with Crippen molar-refractivity contribution in [3.05, 3.63) is 0 Å². The molecule has 4 nitrogen and oxygen atoms in total. The molecule has 0 aromatic carbocycles. The van der Waals surface area contributed by atoms with Gasteiger partial charge in [-0.05, 0) is 83.5 Å². The van der Waals surface area contributed by atoms with Gasteiger partial charge in [0.15, 0.2) is 0 Å². The number of carbonyl (C=O) groups is 1. The fourth-order valence-corrected chi connectivity index (χ4v) is 3.92. The van der Waals surface area contributed by atoms with Crippen molar-refractivity contribution in [2.45, 2.75) is 57.9 Å². The first kappa shape index (κ1) is 17.7. The minimum atomic E-state index is 0.327. The van der Waals surface area contributed by atoms with Gasteiger partial charge in [0.2, 0.25) is 5.91 Å². The molecule has 1 amide bonds. The number of carbonyl (C=O) groups excluding carboxylic acids is 1. The molecule has 1 heterocycles. The van der Waals surface area contributed by atoms with Gasteiger partial charge in [0.25, 0.3) is 0 Å². The van der Waals surface area contributed by atoms with E-state index >= 15 is 0 Å². The lowest BCUT2D eigenvalue weighted by Gasteiger charge is -2.36. The SMILES string of the molecule is CNCCC1CCN(CC(=O)N(C)C2CCC(C)CC2)CC1. The van der Waals surface area contributed by atoms with Gasteiger partial charge in [0, 0.05) is 13.1 Å². The van der Waals surface area contributed by atoms with Crippen LogP contribution >= 0.6 is 0 Å². The number of rotatable bonds is 6. The molecular formula is C18H35N3O. The Bertz CT molecular complexity index is 331. The van der Waals surface area contributed by atoms with Crippen molar-refractivity contribution in [3.8, 4) is 0 Å². The first-order valence-corrected chi connectivity index (χ1v) is 9.22. The molecular weight excluding hydrogens is 274 g/mol. The van der Waals surface area contributed by atoms with Crippen LogP contribution in [0.2, 0.25) is 0 Å². The number of amides is 1. The van der Waals surface area contributed by atoms with E-state index in [9.17, 15) is 4.79 Å². The normalized spacial score (nSPS) is 27.8. The highest BCUT2D eigenvalue weighted by Gasteiger charge is 2.27. The van der Waals surface area contributed by atoms with Crippen molar-refractivity contribution in [2.75, 3.05) is 40.3 Å². The van der Waals surface area contributed by atoms with Crippen LogP contribution in [-0.2, 0) is 4.79 Å². The molecule has 0 unspecified atom stereocenters. The molecule has 2 fully saturated rings. The van der Waals surface area contributed by atoms with Crippen LogP contribution in [0.5, 0.6) is 0 Å². The van der Waals surface area contributed by atoms with Gasteiger partial charge in [-0.2, -0.15) is 0 Å². The summed E-state index contributed by atoms with van der Waals surface area (Å²) in [6.07, 6.45) is 8.71. The summed E-state index contributed by atoms with van der Waals surface area (Å²) >= 11 is 0. The smallest absolute Gasteiger partial charge is 0.236 e. The summed E-state index contributed by atoms with van der Waals surface area (Å²) in [5.41, 5.74) is 0. The lowest BCUT2D eigenvalue weighted by atomic mass is 9.87. The van der Waals surface area contributed by atoms with Crippen LogP contribution in [0.3, 0.4) is 0 Å². The number of likely N-dealkylation sites (N-methyl/N-ethyl adjacent to an activating group) is 1. The quantitative estimate of drug-likeness (QED) is 0.818. The zero-order valence-electron chi connectivity index (χ0n) is 14.8. The van der Waals surface area contributed by atoms with E-state index in [0.29, 0.717) is 18.5 Å². The number of hydrogen-bond acceptors (Lipinski definition) is 3. The molecule has 0 spiro atoms. The Labute approximate surface area is 136 Å². The highest BCUT2D eigenvalue weighted by atomic mass is 16.2. The standard InChI is InChI=1S/C18H35N3O/c1-15-4-6-17(7-5-15)20(3)18(22)14-21-12-9-16(10-13-21)8-11-19-2/h15-17,19H,4-14H2,1-3H3. The van der Waals surface area contributed by atoms with Crippen LogP contribution in [0.15, 0.2) is 0 Å². The van der Waals surface area contributed by atoms with E-state index in [1.807, 2.05) is 19.0 Å². The highest BCUT2D eigenvalue weighted by Crippen LogP contribution is 2.27. The van der Waals surface area contributed by atoms with Gasteiger partial charge < -0.3 is 10.2 Å². The van der Waals surface area contributed by atoms with Crippen molar-refractivity contribution >= 4 is 5.91 Å². The summed E-state index contributed by atoms with van der Waals surface area (Å²) in [4.78, 5) is 16.9. The maximum Gasteiger partial charge on any atom is 0.236 e. The third-order valence-electron chi connectivity index (χ3n) is 5.80. The van der Waals surface area contributed by atoms with Crippen LogP contribution < -0.4 is 5.32 Å². The Morgan fingerprint density at radius 3 is 2.36 bits per heavy atom. The molecule has 2 aliphatic rings. The van der Waals surface area contributed by atoms with E-state index in [4.69, 9.17) is 0 Å². The Kier molecular flexibility index (Phi) is 7.16. The molecule has 1 aliphatic carbocycles. The fraction of sp³-hybridized carbons (Fsp3) is 0.944. The molecule has 1 aliphatic heterocycles. The second-order valence-electron chi connectivity index (χ2n) is 7.53. The summed E-state index contributed by atoms with van der Waals surface area (Å²) in [5.74, 6) is 2.01. The van der Waals surface area contributed by atoms with Crippen molar-refractivity contribution in [1.29, 1.82) is 0 Å². The zero-order valence-corrected chi connectivity index (χ0v) is 14.8. The molecule has 128 valence electrons. The third-order valence-corrected chi connectivity index (χ3v) is 5.80. The van der Waals surface area contributed by atoms with Gasteiger partial charge in [-0.15, -0.1) is 0 Å². The molecule has 22 heavy (non-hydrogen) atoms. The molecule has 0 aromatic rings. The summed E-state index contributed by atoms with van der Waals surface area (Å²) in [7, 11) is 4.04. The summed E-state index contributed by atoms with van der Waals surface area (Å²) in [5, 5.41) is 3.24. The van der Waals surface area contributed by atoms with E-state index in [-0.39, 0.29) is 0 Å². The molecule has 1 saturated heterocycles. The number of hydrogen-bond donors (Lipinski definition) is 1. The van der Waals surface area contributed by atoms with E-state index in [0.717, 1.165) is 31.5 Å². The average Bonchev–Trinajstić information content (AvgIpc) is 2.54. The molecule has 4 heteroatoms. The second kappa shape index (κ2) is 8.88. The summed E-state index contributed by atoms with van der Waals surface area (Å²) < 4.78 is 0. The first-order valence-electron chi connectivity index (χ1n) is 9.22. The number of nitrogens with zero attached hydrogens (tertiary/aromatic N) is 2. The van der Waals surface area contributed by atoms with Crippen LogP contribution in [0.25, 0.3) is 0 Å². The van der Waals surface area contributed by atoms with Gasteiger partial charge in [0.1, 0.15) is 0 Å². The Balaban J connectivity index is 1.69. The van der Waals surface area contributed by atoms with Gasteiger partial charge in [-0.25, -0.2) is 0 Å². The lowest BCUT2D eigenvalue weighted by molar-refractivity contribution is -0.134. The number of piperidine rings is 1. The highest BCUT2D eigenvalue weighted by molar-refractivity contribution is 5.78. The topological polar surface area (TPSA) is 35.6 Å². The monoisotopic (exact) mass is 309 g/mol. The van der Waals surface area contributed by atoms with E-state index in [2.05, 4.69) is 17.1 Å².